The van der Waals surface area contributed by atoms with E-state index in [4.69, 9.17) is 28.3 Å². The van der Waals surface area contributed by atoms with E-state index in [1.807, 2.05) is 0 Å². The van der Waals surface area contributed by atoms with Gasteiger partial charge in [-0.1, -0.05) is 23.2 Å². The van der Waals surface area contributed by atoms with Gasteiger partial charge >= 0.3 is 6.09 Å². The van der Waals surface area contributed by atoms with Gasteiger partial charge in [0.1, 0.15) is 0 Å². The number of aromatic amines is 1. The van der Waals surface area contributed by atoms with Gasteiger partial charge in [0.2, 0.25) is 0 Å². The molecule has 0 unspecified atom stereocenters. The normalized spacial score (nSPS) is 10.4. The number of carboxylic acid groups (broad SMARTS) is 1. The second kappa shape index (κ2) is 4.87. The quantitative estimate of drug-likeness (QED) is 0.741. The molecule has 0 fully saturated rings. The van der Waals surface area contributed by atoms with Gasteiger partial charge in [-0.25, -0.2) is 9.78 Å². The van der Waals surface area contributed by atoms with Gasteiger partial charge in [-0.2, -0.15) is 0 Å². The molecule has 1 aromatic heterocycles. The monoisotopic (exact) mass is 301 g/mol. The maximum Gasteiger partial charge on any atom is 0.411 e. The van der Waals surface area contributed by atoms with Crippen LogP contribution in [0.5, 0.6) is 0 Å². The van der Waals surface area contributed by atoms with E-state index in [1.54, 1.807) is 0 Å². The van der Waals surface area contributed by atoms with Crippen LogP contribution in [0, 0.1) is 0 Å². The first-order chi connectivity index (χ1) is 8.88. The number of aromatic nitrogens is 2. The molecule has 19 heavy (non-hydrogen) atoms. The molecule has 0 saturated heterocycles. The molecule has 1 aromatic carbocycles. The molecule has 0 aliphatic carbocycles. The summed E-state index contributed by atoms with van der Waals surface area (Å²) < 4.78 is 0. The molecule has 0 atom stereocenters. The minimum atomic E-state index is -1.58. The Balaban J connectivity index is 2.61. The molecule has 0 saturated carbocycles. The lowest BCUT2D eigenvalue weighted by Gasteiger charge is -2.03. The number of hydrogen-bond donors (Lipinski definition) is 3. The van der Waals surface area contributed by atoms with Crippen LogP contribution < -0.4 is 10.9 Å². The van der Waals surface area contributed by atoms with E-state index in [1.165, 1.54) is 17.4 Å². The van der Waals surface area contributed by atoms with Crippen molar-refractivity contribution < 1.29 is 14.7 Å². The van der Waals surface area contributed by atoms with Gasteiger partial charge in [0, 0.05) is 0 Å². The van der Waals surface area contributed by atoms with Gasteiger partial charge in [-0.15, -0.1) is 0 Å². The summed E-state index contributed by atoms with van der Waals surface area (Å²) in [7, 11) is 0. The predicted molar refractivity (Wildman–Crippen MR) is 67.9 cm³/mol. The fourth-order valence-corrected chi connectivity index (χ4v) is 1.71. The number of carbonyl (C=O) groups is 2. The van der Waals surface area contributed by atoms with E-state index < -0.39 is 23.3 Å². The number of benzene rings is 1. The lowest BCUT2D eigenvalue weighted by Crippen LogP contribution is -2.34. The van der Waals surface area contributed by atoms with E-state index in [0.717, 1.165) is 0 Å². The first-order valence-electron chi connectivity index (χ1n) is 4.82. The molecule has 2 aromatic rings. The summed E-state index contributed by atoms with van der Waals surface area (Å²) in [6.07, 6.45) is -1.58. The van der Waals surface area contributed by atoms with Crippen LogP contribution in [0.15, 0.2) is 16.9 Å². The molecule has 0 bridgehead atoms. The van der Waals surface area contributed by atoms with Crippen LogP contribution in [-0.4, -0.2) is 27.1 Å². The Morgan fingerprint density at radius 1 is 1.26 bits per heavy atom. The number of fused-ring (bicyclic) bond motifs is 1. The molecule has 1 heterocycles. The zero-order valence-electron chi connectivity index (χ0n) is 9.03. The Morgan fingerprint density at radius 2 is 1.89 bits per heavy atom. The molecule has 3 N–H and O–H groups in total. The molecule has 0 radical (unpaired) electrons. The Bertz CT molecular complexity index is 756. The number of imide groups is 1. The molecule has 9 heteroatoms. The summed E-state index contributed by atoms with van der Waals surface area (Å²) in [5.41, 5.74) is -0.909. The Morgan fingerprint density at radius 3 is 2.53 bits per heavy atom. The summed E-state index contributed by atoms with van der Waals surface area (Å²) in [4.78, 5) is 39.5. The second-order valence-corrected chi connectivity index (χ2v) is 4.27. The van der Waals surface area contributed by atoms with Crippen molar-refractivity contribution in [2.45, 2.75) is 0 Å². The fraction of sp³-hybridized carbons (Fsp3) is 0. The summed E-state index contributed by atoms with van der Waals surface area (Å²) >= 11 is 11.6. The van der Waals surface area contributed by atoms with Crippen LogP contribution in [0.4, 0.5) is 4.79 Å². The minimum absolute atomic E-state index is 0.193. The molecule has 2 amide bonds. The predicted octanol–water partition coefficient (Wildman–Crippen LogP) is 1.64. The zero-order chi connectivity index (χ0) is 14.2. The van der Waals surface area contributed by atoms with Crippen LogP contribution >= 0.6 is 23.2 Å². The van der Waals surface area contributed by atoms with Gasteiger partial charge in [0.15, 0.2) is 5.69 Å². The third-order valence-electron chi connectivity index (χ3n) is 2.17. The summed E-state index contributed by atoms with van der Waals surface area (Å²) in [6.45, 7) is 0. The minimum Gasteiger partial charge on any atom is -0.465 e. The molecule has 98 valence electrons. The number of hydrogen-bond acceptors (Lipinski definition) is 4. The van der Waals surface area contributed by atoms with Crippen LogP contribution in [-0.2, 0) is 0 Å². The maximum absolute atomic E-state index is 11.6. The van der Waals surface area contributed by atoms with Crippen molar-refractivity contribution >= 4 is 46.2 Å². The van der Waals surface area contributed by atoms with E-state index >= 15 is 0 Å². The lowest BCUT2D eigenvalue weighted by molar-refractivity contribution is 0.0942. The number of rotatable bonds is 1. The van der Waals surface area contributed by atoms with E-state index in [2.05, 4.69) is 9.97 Å². The van der Waals surface area contributed by atoms with Gasteiger partial charge < -0.3 is 10.1 Å². The lowest BCUT2D eigenvalue weighted by atomic mass is 10.3. The Kier molecular flexibility index (Phi) is 3.41. The smallest absolute Gasteiger partial charge is 0.411 e. The van der Waals surface area contributed by atoms with E-state index in [9.17, 15) is 14.4 Å². The molecule has 0 spiro atoms. The average molecular weight is 302 g/mol. The van der Waals surface area contributed by atoms with Crippen molar-refractivity contribution in [3.8, 4) is 0 Å². The third-order valence-corrected chi connectivity index (χ3v) is 2.89. The van der Waals surface area contributed by atoms with Crippen LogP contribution in [0.1, 0.15) is 10.5 Å². The number of carbonyl (C=O) groups excluding carboxylic acids is 1. The standard InChI is InChI=1S/C10H5Cl2N3O4/c11-3-1-5-6(2-4(3)12)14-8(16)7(13-5)9(17)15-10(18)19/h1-2H,(H,14,16)(H,15,17)(H,18,19). The maximum atomic E-state index is 11.6. The van der Waals surface area contributed by atoms with E-state index in [0.29, 0.717) is 0 Å². The van der Waals surface area contributed by atoms with Gasteiger partial charge in [0.05, 0.1) is 21.1 Å². The molecule has 2 rings (SSSR count). The number of amides is 2. The average Bonchev–Trinajstić information content (AvgIpc) is 2.29. The van der Waals surface area contributed by atoms with E-state index in [-0.39, 0.29) is 21.1 Å². The highest BCUT2D eigenvalue weighted by atomic mass is 35.5. The SMILES string of the molecule is O=C(O)NC(=O)c1nc2cc(Cl)c(Cl)cc2[nH]c1=O. The highest BCUT2D eigenvalue weighted by Crippen LogP contribution is 2.25. The summed E-state index contributed by atoms with van der Waals surface area (Å²) in [5, 5.41) is 10.4. The van der Waals surface area contributed by atoms with Crippen LogP contribution in [0.2, 0.25) is 10.0 Å². The van der Waals surface area contributed by atoms with Crippen molar-refractivity contribution in [1.82, 2.24) is 15.3 Å². The van der Waals surface area contributed by atoms with Crippen molar-refractivity contribution in [3.05, 3.63) is 38.2 Å². The number of nitrogens with one attached hydrogen (secondary N) is 2. The van der Waals surface area contributed by atoms with Crippen molar-refractivity contribution in [1.29, 1.82) is 0 Å². The molecular weight excluding hydrogens is 297 g/mol. The van der Waals surface area contributed by atoms with Crippen molar-refractivity contribution in [3.63, 3.8) is 0 Å². The molecule has 0 aliphatic rings. The summed E-state index contributed by atoms with van der Waals surface area (Å²) in [5.74, 6) is -1.12. The van der Waals surface area contributed by atoms with Gasteiger partial charge in [0.25, 0.3) is 11.5 Å². The molecular formula is C10H5Cl2N3O4. The number of halogens is 2. The zero-order valence-corrected chi connectivity index (χ0v) is 10.5. The van der Waals surface area contributed by atoms with Gasteiger partial charge in [-0.3, -0.25) is 14.9 Å². The van der Waals surface area contributed by atoms with Gasteiger partial charge in [-0.05, 0) is 12.1 Å². The first-order valence-corrected chi connectivity index (χ1v) is 5.57. The first kappa shape index (κ1) is 13.3. The summed E-state index contributed by atoms with van der Waals surface area (Å²) in [6, 6.07) is 2.74. The second-order valence-electron chi connectivity index (χ2n) is 3.46. The number of H-pyrrole nitrogens is 1. The number of nitrogens with zero attached hydrogens (tertiary/aromatic N) is 1. The Hall–Kier alpha value is -2.12. The van der Waals surface area contributed by atoms with Crippen LogP contribution in [0.25, 0.3) is 11.0 Å². The Labute approximate surface area is 115 Å². The van der Waals surface area contributed by atoms with Crippen molar-refractivity contribution in [2.75, 3.05) is 0 Å². The fourth-order valence-electron chi connectivity index (χ4n) is 1.39. The largest absolute Gasteiger partial charge is 0.465 e. The van der Waals surface area contributed by atoms with Crippen molar-refractivity contribution in [2.24, 2.45) is 0 Å². The molecule has 0 aliphatic heterocycles. The highest BCUT2D eigenvalue weighted by molar-refractivity contribution is 6.42. The highest BCUT2D eigenvalue weighted by Gasteiger charge is 2.16. The third kappa shape index (κ3) is 2.67. The molecule has 7 nitrogen and oxygen atoms in total. The van der Waals surface area contributed by atoms with Crippen LogP contribution in [0.3, 0.4) is 0 Å². The topological polar surface area (TPSA) is 112 Å².